The number of alkyl halides is 3. The summed E-state index contributed by atoms with van der Waals surface area (Å²) in [5, 5.41) is 15.6. The highest BCUT2D eigenvalue weighted by molar-refractivity contribution is 7.16. The highest BCUT2D eigenvalue weighted by atomic mass is 32.1. The first kappa shape index (κ1) is 14.5. The molecule has 0 aliphatic rings. The molecule has 0 aliphatic carbocycles. The van der Waals surface area contributed by atoms with Gasteiger partial charge in [0.25, 0.3) is 5.82 Å². The lowest BCUT2D eigenvalue weighted by Gasteiger charge is -2.04. The lowest BCUT2D eigenvalue weighted by Crippen LogP contribution is -2.35. The molecular formula is C9H11F3N6OS. The molecule has 0 unspecified atom stereocenters. The molecule has 0 saturated heterocycles. The second-order valence-corrected chi connectivity index (χ2v) is 4.86. The zero-order valence-electron chi connectivity index (χ0n) is 10.4. The topological polar surface area (TPSA) is 84.2 Å². The smallest absolute Gasteiger partial charge is 0.338 e. The normalized spacial score (nSPS) is 11.8. The first-order chi connectivity index (χ1) is 9.41. The van der Waals surface area contributed by atoms with Crippen LogP contribution in [-0.4, -0.2) is 32.4 Å². The van der Waals surface area contributed by atoms with Crippen LogP contribution in [0.5, 0.6) is 0 Å². The van der Waals surface area contributed by atoms with Crippen molar-refractivity contribution in [3.8, 4) is 0 Å². The summed E-state index contributed by atoms with van der Waals surface area (Å²) < 4.78 is 38.4. The molecule has 110 valence electrons. The molecule has 11 heteroatoms. The highest BCUT2D eigenvalue weighted by Crippen LogP contribution is 2.28. The molecule has 0 aromatic carbocycles. The highest BCUT2D eigenvalue weighted by Gasteiger charge is 2.38. The van der Waals surface area contributed by atoms with Gasteiger partial charge in [-0.05, 0) is 6.42 Å². The minimum absolute atomic E-state index is 0.0286. The standard InChI is InChI=1S/C9H11F3N6OS/c1-2-3-13-7(19)14-4-5-17-18-6(9(10,11)12)15-16-8(18)20-5/h2-4H2,1H3,(H2,13,14,19). The summed E-state index contributed by atoms with van der Waals surface area (Å²) in [7, 11) is 0. The minimum Gasteiger partial charge on any atom is -0.338 e. The first-order valence-corrected chi connectivity index (χ1v) is 6.53. The number of amides is 2. The van der Waals surface area contributed by atoms with E-state index in [1.807, 2.05) is 6.92 Å². The zero-order chi connectivity index (χ0) is 14.8. The Morgan fingerprint density at radius 3 is 2.75 bits per heavy atom. The Kier molecular flexibility index (Phi) is 4.06. The summed E-state index contributed by atoms with van der Waals surface area (Å²) in [6.07, 6.45) is -3.82. The SMILES string of the molecule is CCCNC(=O)NCc1nn2c(C(F)(F)F)nnc2s1. The Hall–Kier alpha value is -1.91. The van der Waals surface area contributed by atoms with Crippen molar-refractivity contribution in [1.29, 1.82) is 0 Å². The number of nitrogens with zero attached hydrogens (tertiary/aromatic N) is 4. The van der Waals surface area contributed by atoms with Crippen molar-refractivity contribution in [2.45, 2.75) is 26.1 Å². The van der Waals surface area contributed by atoms with E-state index in [0.717, 1.165) is 17.8 Å². The molecule has 0 atom stereocenters. The Bertz CT molecular complexity index is 606. The Balaban J connectivity index is 2.05. The van der Waals surface area contributed by atoms with Crippen LogP contribution < -0.4 is 10.6 Å². The molecule has 2 N–H and O–H groups in total. The van der Waals surface area contributed by atoms with Crippen molar-refractivity contribution in [1.82, 2.24) is 30.4 Å². The van der Waals surface area contributed by atoms with Crippen molar-refractivity contribution >= 4 is 22.3 Å². The molecule has 2 aromatic heterocycles. The number of carbonyl (C=O) groups is 1. The molecule has 0 radical (unpaired) electrons. The molecule has 2 heterocycles. The Morgan fingerprint density at radius 1 is 1.35 bits per heavy atom. The average molecular weight is 308 g/mol. The van der Waals surface area contributed by atoms with E-state index in [1.54, 1.807) is 0 Å². The van der Waals surface area contributed by atoms with E-state index >= 15 is 0 Å². The maximum Gasteiger partial charge on any atom is 0.453 e. The lowest BCUT2D eigenvalue weighted by molar-refractivity contribution is -0.146. The number of hydrogen-bond donors (Lipinski definition) is 2. The van der Waals surface area contributed by atoms with Crippen molar-refractivity contribution in [2.24, 2.45) is 0 Å². The fourth-order valence-corrected chi connectivity index (χ4v) is 2.13. The third-order valence-corrected chi connectivity index (χ3v) is 3.12. The number of carbonyl (C=O) groups excluding carboxylic acids is 1. The summed E-state index contributed by atoms with van der Waals surface area (Å²) in [5.74, 6) is -1.18. The lowest BCUT2D eigenvalue weighted by atomic mass is 10.5. The number of halogens is 3. The van der Waals surface area contributed by atoms with Crippen LogP contribution in [-0.2, 0) is 12.7 Å². The van der Waals surface area contributed by atoms with Gasteiger partial charge in [-0.2, -0.15) is 22.8 Å². The number of hydrogen-bond acceptors (Lipinski definition) is 5. The quantitative estimate of drug-likeness (QED) is 0.894. The molecule has 0 saturated carbocycles. The monoisotopic (exact) mass is 308 g/mol. The third kappa shape index (κ3) is 3.15. The molecule has 7 nitrogen and oxygen atoms in total. The van der Waals surface area contributed by atoms with E-state index in [0.29, 0.717) is 16.1 Å². The van der Waals surface area contributed by atoms with Gasteiger partial charge in [0.1, 0.15) is 5.01 Å². The van der Waals surface area contributed by atoms with E-state index in [2.05, 4.69) is 25.9 Å². The van der Waals surface area contributed by atoms with Gasteiger partial charge < -0.3 is 10.6 Å². The maximum absolute atomic E-state index is 12.6. The number of rotatable bonds is 4. The number of aromatic nitrogens is 4. The largest absolute Gasteiger partial charge is 0.453 e. The summed E-state index contributed by atoms with van der Waals surface area (Å²) in [6.45, 7) is 2.46. The van der Waals surface area contributed by atoms with Gasteiger partial charge in [-0.1, -0.05) is 18.3 Å². The fourth-order valence-electron chi connectivity index (χ4n) is 1.36. The average Bonchev–Trinajstić information content (AvgIpc) is 2.91. The van der Waals surface area contributed by atoms with Gasteiger partial charge in [0.15, 0.2) is 0 Å². The molecule has 2 amide bonds. The van der Waals surface area contributed by atoms with Gasteiger partial charge in [0.2, 0.25) is 4.96 Å². The van der Waals surface area contributed by atoms with Crippen LogP contribution in [0.3, 0.4) is 0 Å². The second kappa shape index (κ2) is 5.61. The van der Waals surface area contributed by atoms with Gasteiger partial charge in [-0.15, -0.1) is 10.2 Å². The van der Waals surface area contributed by atoms with Crippen LogP contribution in [0.25, 0.3) is 4.96 Å². The van der Waals surface area contributed by atoms with Gasteiger partial charge in [0.05, 0.1) is 6.54 Å². The number of urea groups is 1. The van der Waals surface area contributed by atoms with Gasteiger partial charge in [0, 0.05) is 6.54 Å². The van der Waals surface area contributed by atoms with Crippen LogP contribution in [0.2, 0.25) is 0 Å². The summed E-state index contributed by atoms with van der Waals surface area (Å²) >= 11 is 0.936. The molecule has 2 aromatic rings. The van der Waals surface area contributed by atoms with Crippen LogP contribution in [0.4, 0.5) is 18.0 Å². The fraction of sp³-hybridized carbons (Fsp3) is 0.556. The van der Waals surface area contributed by atoms with Crippen molar-refractivity contribution in [3.63, 3.8) is 0 Å². The summed E-state index contributed by atoms with van der Waals surface area (Å²) in [5.41, 5.74) is 0. The predicted molar refractivity (Wildman–Crippen MR) is 64.2 cm³/mol. The zero-order valence-corrected chi connectivity index (χ0v) is 11.2. The molecule has 2 rings (SSSR count). The van der Waals surface area contributed by atoms with E-state index in [1.165, 1.54) is 0 Å². The van der Waals surface area contributed by atoms with E-state index in [4.69, 9.17) is 0 Å². The van der Waals surface area contributed by atoms with E-state index in [-0.39, 0.29) is 11.5 Å². The van der Waals surface area contributed by atoms with Crippen LogP contribution in [0.1, 0.15) is 24.2 Å². The van der Waals surface area contributed by atoms with Gasteiger partial charge in [-0.25, -0.2) is 4.79 Å². The second-order valence-electron chi connectivity index (χ2n) is 3.82. The van der Waals surface area contributed by atoms with E-state index in [9.17, 15) is 18.0 Å². The van der Waals surface area contributed by atoms with Gasteiger partial charge in [-0.3, -0.25) is 0 Å². The van der Waals surface area contributed by atoms with Crippen molar-refractivity contribution < 1.29 is 18.0 Å². The molecule has 0 aliphatic heterocycles. The summed E-state index contributed by atoms with van der Waals surface area (Å²) in [4.78, 5) is 11.3. The van der Waals surface area contributed by atoms with E-state index < -0.39 is 18.0 Å². The first-order valence-electron chi connectivity index (χ1n) is 5.72. The Morgan fingerprint density at radius 2 is 2.10 bits per heavy atom. The van der Waals surface area contributed by atoms with Crippen molar-refractivity contribution in [3.05, 3.63) is 10.8 Å². The van der Waals surface area contributed by atoms with Crippen LogP contribution >= 0.6 is 11.3 Å². The predicted octanol–water partition coefficient (Wildman–Crippen LogP) is 1.41. The van der Waals surface area contributed by atoms with Crippen LogP contribution in [0, 0.1) is 0 Å². The number of fused-ring (bicyclic) bond motifs is 1. The summed E-state index contributed by atoms with van der Waals surface area (Å²) in [6, 6.07) is -0.395. The molecule has 0 fully saturated rings. The number of nitrogens with one attached hydrogen (secondary N) is 2. The molecule has 0 bridgehead atoms. The molecular weight excluding hydrogens is 297 g/mol. The maximum atomic E-state index is 12.6. The van der Waals surface area contributed by atoms with Gasteiger partial charge >= 0.3 is 12.2 Å². The minimum atomic E-state index is -4.61. The third-order valence-electron chi connectivity index (χ3n) is 2.22. The molecule has 0 spiro atoms. The Labute approximate surface area is 115 Å². The molecule has 20 heavy (non-hydrogen) atoms. The van der Waals surface area contributed by atoms with Crippen LogP contribution in [0.15, 0.2) is 0 Å². The van der Waals surface area contributed by atoms with Crippen molar-refractivity contribution in [2.75, 3.05) is 6.54 Å².